The summed E-state index contributed by atoms with van der Waals surface area (Å²) in [7, 11) is 1.61. The number of aliphatic hydroxyl groups is 2. The van der Waals surface area contributed by atoms with Gasteiger partial charge >= 0.3 is 0 Å². The molecule has 368 valence electrons. The van der Waals surface area contributed by atoms with Gasteiger partial charge in [-0.05, 0) is 42.8 Å². The van der Waals surface area contributed by atoms with E-state index in [1.165, 1.54) is 40.1 Å². The van der Waals surface area contributed by atoms with Crippen molar-refractivity contribution in [2.45, 2.75) is 31.6 Å². The molecule has 0 radical (unpaired) electrons. The van der Waals surface area contributed by atoms with Crippen LogP contribution in [0.1, 0.15) is 40.0 Å². The number of phenolic OH excluding ortho intramolecular Hbond substituents is 1. The first-order valence-electron chi connectivity index (χ1n) is 21.9. The van der Waals surface area contributed by atoms with E-state index < -0.39 is 70.4 Å². The SMILES string of the molecule is CN(CCOCCOCCOCCOc1ccc2c(c1)C(=O)N(C1CCC(=O)NC1=O)C2=O)C(=O)CCNc1nc(N2CCN(C(=O)C(O)O)CC2)c2cc(Cl)c(-c3c(O)cccc3F)c(F)c2n1. The molecule has 3 aromatic carbocycles. The zero-order valence-corrected chi connectivity index (χ0v) is 38.0. The molecule has 0 aliphatic carbocycles. The second kappa shape index (κ2) is 22.7. The molecule has 1 atom stereocenters. The van der Waals surface area contributed by atoms with Crippen LogP contribution in [-0.2, 0) is 33.4 Å². The molecule has 21 nitrogen and oxygen atoms in total. The number of ether oxygens (including phenoxy) is 4. The third kappa shape index (κ3) is 11.6. The van der Waals surface area contributed by atoms with E-state index in [-0.39, 0.29) is 150 Å². The predicted octanol–water partition coefficient (Wildman–Crippen LogP) is 1.68. The molecule has 0 saturated carbocycles. The first kappa shape index (κ1) is 50.3. The van der Waals surface area contributed by atoms with Gasteiger partial charge in [-0.2, -0.15) is 4.98 Å². The highest BCUT2D eigenvalue weighted by molar-refractivity contribution is 6.34. The molecule has 7 rings (SSSR count). The summed E-state index contributed by atoms with van der Waals surface area (Å²) in [6.07, 6.45) is -2.10. The number of piperidine rings is 1. The lowest BCUT2D eigenvalue weighted by atomic mass is 10.0. The lowest BCUT2D eigenvalue weighted by Gasteiger charge is -2.36. The minimum Gasteiger partial charge on any atom is -0.507 e. The number of phenols is 1. The fourth-order valence-corrected chi connectivity index (χ4v) is 8.18. The van der Waals surface area contributed by atoms with Crippen molar-refractivity contribution in [3.63, 3.8) is 0 Å². The molecule has 2 saturated heterocycles. The number of hydrogen-bond acceptors (Lipinski definition) is 17. The zero-order chi connectivity index (χ0) is 49.4. The summed E-state index contributed by atoms with van der Waals surface area (Å²) in [5.41, 5.74) is -0.870. The Labute approximate surface area is 397 Å². The van der Waals surface area contributed by atoms with E-state index in [1.54, 1.807) is 18.0 Å². The quantitative estimate of drug-likeness (QED) is 0.0452. The fourth-order valence-electron chi connectivity index (χ4n) is 7.89. The molecule has 5 N–H and O–H groups in total. The third-order valence-corrected chi connectivity index (χ3v) is 11.8. The van der Waals surface area contributed by atoms with E-state index >= 15 is 4.39 Å². The molecule has 3 aliphatic heterocycles. The Kier molecular flexibility index (Phi) is 16.5. The second-order valence-electron chi connectivity index (χ2n) is 16.0. The van der Waals surface area contributed by atoms with Gasteiger partial charge in [-0.15, -0.1) is 0 Å². The Balaban J connectivity index is 0.813. The van der Waals surface area contributed by atoms with E-state index in [0.29, 0.717) is 5.75 Å². The number of anilines is 2. The average Bonchev–Trinajstić information content (AvgIpc) is 3.57. The average molecular weight is 983 g/mol. The molecule has 4 aromatic rings. The number of nitrogens with zero attached hydrogens (tertiary/aromatic N) is 6. The summed E-state index contributed by atoms with van der Waals surface area (Å²) in [5.74, 6) is -5.50. The number of benzene rings is 3. The van der Waals surface area contributed by atoms with Gasteiger partial charge in [0.15, 0.2) is 5.82 Å². The summed E-state index contributed by atoms with van der Waals surface area (Å²) in [4.78, 5) is 89.2. The number of aliphatic hydroxyl groups excluding tert-OH is 1. The van der Waals surface area contributed by atoms with Gasteiger partial charge in [-0.3, -0.25) is 39.0 Å². The smallest absolute Gasteiger partial charge is 0.279 e. The molecule has 6 amide bonds. The van der Waals surface area contributed by atoms with Crippen molar-refractivity contribution in [3.8, 4) is 22.6 Å². The van der Waals surface area contributed by atoms with Crippen LogP contribution >= 0.6 is 11.6 Å². The van der Waals surface area contributed by atoms with Crippen LogP contribution < -0.4 is 20.3 Å². The van der Waals surface area contributed by atoms with Crippen molar-refractivity contribution in [2.24, 2.45) is 0 Å². The summed E-state index contributed by atoms with van der Waals surface area (Å²) in [5, 5.41) is 34.2. The van der Waals surface area contributed by atoms with Crippen molar-refractivity contribution in [3.05, 3.63) is 70.2 Å². The Morgan fingerprint density at radius 3 is 2.26 bits per heavy atom. The van der Waals surface area contributed by atoms with Crippen molar-refractivity contribution >= 4 is 69.7 Å². The molecule has 4 heterocycles. The molecule has 1 aromatic heterocycles. The van der Waals surface area contributed by atoms with Gasteiger partial charge in [0.1, 0.15) is 41.3 Å². The van der Waals surface area contributed by atoms with Crippen LogP contribution in [0.15, 0.2) is 42.5 Å². The topological polar surface area (TPSA) is 263 Å². The molecule has 24 heteroatoms. The Hall–Kier alpha value is -6.63. The fraction of sp³-hybridized carbons (Fsp3) is 0.422. The molecule has 1 unspecified atom stereocenters. The molecule has 0 spiro atoms. The normalized spacial score (nSPS) is 16.1. The van der Waals surface area contributed by atoms with Gasteiger partial charge in [-0.1, -0.05) is 17.7 Å². The minimum absolute atomic E-state index is 0.0116. The van der Waals surface area contributed by atoms with E-state index in [2.05, 4.69) is 20.6 Å². The van der Waals surface area contributed by atoms with Gasteiger partial charge in [0.05, 0.1) is 61.4 Å². The van der Waals surface area contributed by atoms with Crippen molar-refractivity contribution < 1.29 is 71.8 Å². The number of aromatic nitrogens is 2. The lowest BCUT2D eigenvalue weighted by molar-refractivity contribution is -0.159. The maximum atomic E-state index is 16.4. The standard InChI is InChI=1S/C45H49ClF2N8O13/c1-53(15-16-66-17-18-67-19-20-68-21-22-69-25-5-6-26-27(23-25)42(62)56(41(26)61)31-7-8-33(58)50-40(31)60)34(59)9-10-49-45-51-38-28(39(52-45)54-11-13-55(14-12-54)43(63)44(64)65)24-29(46)35(37(38)48)36-30(47)3-2-4-32(36)57/h2-6,23-24,31,44,57,64-65H,7-22H2,1H3,(H,49,51,52)(H,50,58,60). The number of nitrogens with one attached hydrogen (secondary N) is 2. The van der Waals surface area contributed by atoms with Crippen LogP contribution in [0.2, 0.25) is 5.02 Å². The minimum atomic E-state index is -2.18. The number of halogens is 3. The molecular formula is C45H49ClF2N8O13. The van der Waals surface area contributed by atoms with Crippen LogP contribution in [0, 0.1) is 11.6 Å². The summed E-state index contributed by atoms with van der Waals surface area (Å²) >= 11 is 6.52. The number of imide groups is 2. The van der Waals surface area contributed by atoms with Crippen LogP contribution in [0.4, 0.5) is 20.5 Å². The maximum Gasteiger partial charge on any atom is 0.279 e. The molecular weight excluding hydrogens is 934 g/mol. The summed E-state index contributed by atoms with van der Waals surface area (Å²) in [6.45, 7) is 2.43. The van der Waals surface area contributed by atoms with Gasteiger partial charge in [-0.25, -0.2) is 13.8 Å². The number of hydrogen-bond donors (Lipinski definition) is 5. The van der Waals surface area contributed by atoms with Gasteiger partial charge in [0.2, 0.25) is 30.0 Å². The summed E-state index contributed by atoms with van der Waals surface area (Å²) < 4.78 is 53.7. The first-order chi connectivity index (χ1) is 33.1. The third-order valence-electron chi connectivity index (χ3n) is 11.5. The number of amides is 6. The number of carbonyl (C=O) groups is 6. The van der Waals surface area contributed by atoms with E-state index in [4.69, 9.17) is 30.5 Å². The van der Waals surface area contributed by atoms with Crippen LogP contribution in [0.5, 0.6) is 11.5 Å². The van der Waals surface area contributed by atoms with Crippen molar-refractivity contribution in [1.29, 1.82) is 0 Å². The number of fused-ring (bicyclic) bond motifs is 2. The van der Waals surface area contributed by atoms with Gasteiger partial charge in [0, 0.05) is 70.1 Å². The number of rotatable bonds is 21. The Morgan fingerprint density at radius 1 is 0.899 bits per heavy atom. The lowest BCUT2D eigenvalue weighted by Crippen LogP contribution is -2.54. The molecule has 69 heavy (non-hydrogen) atoms. The number of piperazine rings is 1. The van der Waals surface area contributed by atoms with Crippen molar-refractivity contribution in [2.75, 3.05) is 103 Å². The molecule has 3 aliphatic rings. The van der Waals surface area contributed by atoms with Crippen LogP contribution in [-0.4, -0.2) is 180 Å². The van der Waals surface area contributed by atoms with E-state index in [9.17, 15) is 48.5 Å². The number of carbonyl (C=O) groups excluding carboxylic acids is 6. The van der Waals surface area contributed by atoms with Crippen LogP contribution in [0.25, 0.3) is 22.0 Å². The highest BCUT2D eigenvalue weighted by Gasteiger charge is 2.44. The second-order valence-corrected chi connectivity index (χ2v) is 16.4. The highest BCUT2D eigenvalue weighted by atomic mass is 35.5. The first-order valence-corrected chi connectivity index (χ1v) is 22.3. The number of likely N-dealkylation sites (N-methyl/N-ethyl adjacent to an activating group) is 1. The molecule has 0 bridgehead atoms. The van der Waals surface area contributed by atoms with Crippen LogP contribution in [0.3, 0.4) is 0 Å². The maximum absolute atomic E-state index is 16.4. The summed E-state index contributed by atoms with van der Waals surface area (Å²) in [6, 6.07) is 8.24. The largest absolute Gasteiger partial charge is 0.507 e. The van der Waals surface area contributed by atoms with E-state index in [0.717, 1.165) is 11.0 Å². The molecule has 2 fully saturated rings. The zero-order valence-electron chi connectivity index (χ0n) is 37.3. The Morgan fingerprint density at radius 2 is 1.58 bits per heavy atom. The van der Waals surface area contributed by atoms with E-state index in [1.807, 2.05) is 0 Å². The van der Waals surface area contributed by atoms with Gasteiger partial charge < -0.3 is 54.3 Å². The monoisotopic (exact) mass is 982 g/mol. The number of aromatic hydroxyl groups is 1. The Bertz CT molecular complexity index is 2600. The highest BCUT2D eigenvalue weighted by Crippen LogP contribution is 2.42. The van der Waals surface area contributed by atoms with Gasteiger partial charge in [0.25, 0.3) is 17.7 Å². The van der Waals surface area contributed by atoms with Crippen molar-refractivity contribution in [1.82, 2.24) is 30.0 Å². The predicted molar refractivity (Wildman–Crippen MR) is 240 cm³/mol.